The van der Waals surface area contributed by atoms with Gasteiger partial charge in [0.2, 0.25) is 5.91 Å². The maximum Gasteiger partial charge on any atom is 0.252 e. The standard InChI is InChI=1S/C15H19ClN2O3/c1-10-2-3-11(12(16)8-10)13(19)18-9-15(14(17)20)4-6-21-7-5-15/h2-3,8H,4-7,9H2,1H3,(H2,17,20)(H,18,19). The Morgan fingerprint density at radius 2 is 2.05 bits per heavy atom. The third-order valence-corrected chi connectivity index (χ3v) is 4.24. The largest absolute Gasteiger partial charge is 0.381 e. The monoisotopic (exact) mass is 310 g/mol. The number of rotatable bonds is 4. The molecule has 21 heavy (non-hydrogen) atoms. The number of primary amides is 1. The van der Waals surface area contributed by atoms with E-state index in [0.717, 1.165) is 5.56 Å². The second-order valence-electron chi connectivity index (χ2n) is 5.42. The smallest absolute Gasteiger partial charge is 0.252 e. The van der Waals surface area contributed by atoms with Crippen LogP contribution in [0.25, 0.3) is 0 Å². The molecule has 0 atom stereocenters. The Kier molecular flexibility index (Phi) is 4.85. The highest BCUT2D eigenvalue weighted by atomic mass is 35.5. The molecule has 1 aliphatic heterocycles. The maximum atomic E-state index is 12.2. The van der Waals surface area contributed by atoms with Crippen molar-refractivity contribution in [3.8, 4) is 0 Å². The van der Waals surface area contributed by atoms with Crippen LogP contribution >= 0.6 is 11.6 Å². The van der Waals surface area contributed by atoms with Crippen molar-refractivity contribution >= 4 is 23.4 Å². The molecule has 0 bridgehead atoms. The summed E-state index contributed by atoms with van der Waals surface area (Å²) in [4.78, 5) is 23.9. The molecular formula is C15H19ClN2O3. The summed E-state index contributed by atoms with van der Waals surface area (Å²) >= 11 is 6.07. The number of nitrogens with one attached hydrogen (secondary N) is 1. The summed E-state index contributed by atoms with van der Waals surface area (Å²) in [7, 11) is 0. The van der Waals surface area contributed by atoms with Crippen LogP contribution in [0.3, 0.4) is 0 Å². The zero-order valence-electron chi connectivity index (χ0n) is 11.9. The lowest BCUT2D eigenvalue weighted by molar-refractivity contribution is -0.132. The van der Waals surface area contributed by atoms with Crippen LogP contribution in [0.1, 0.15) is 28.8 Å². The van der Waals surface area contributed by atoms with Crippen molar-refractivity contribution in [3.63, 3.8) is 0 Å². The van der Waals surface area contributed by atoms with Crippen LogP contribution in [-0.2, 0) is 9.53 Å². The molecule has 1 fully saturated rings. The average Bonchev–Trinajstić information content (AvgIpc) is 2.45. The number of hydrogen-bond donors (Lipinski definition) is 2. The molecule has 1 aromatic rings. The zero-order chi connectivity index (χ0) is 15.5. The Hall–Kier alpha value is -1.59. The van der Waals surface area contributed by atoms with Crippen LogP contribution in [-0.4, -0.2) is 31.6 Å². The number of hydrogen-bond acceptors (Lipinski definition) is 3. The van der Waals surface area contributed by atoms with Gasteiger partial charge in [0.25, 0.3) is 5.91 Å². The molecule has 0 aromatic heterocycles. The first-order chi connectivity index (χ1) is 9.94. The van der Waals surface area contributed by atoms with Gasteiger partial charge in [-0.15, -0.1) is 0 Å². The van der Waals surface area contributed by atoms with Crippen LogP contribution in [0.2, 0.25) is 5.02 Å². The SMILES string of the molecule is Cc1ccc(C(=O)NCC2(C(N)=O)CCOCC2)c(Cl)c1. The van der Waals surface area contributed by atoms with E-state index in [0.29, 0.717) is 36.6 Å². The molecule has 0 saturated carbocycles. The molecule has 1 heterocycles. The first-order valence-corrected chi connectivity index (χ1v) is 7.24. The molecule has 114 valence electrons. The van der Waals surface area contributed by atoms with Gasteiger partial charge in [-0.05, 0) is 37.5 Å². The Balaban J connectivity index is 2.07. The molecule has 1 aliphatic rings. The van der Waals surface area contributed by atoms with Gasteiger partial charge in [-0.25, -0.2) is 0 Å². The predicted molar refractivity (Wildman–Crippen MR) is 80.2 cm³/mol. The third-order valence-electron chi connectivity index (χ3n) is 3.93. The van der Waals surface area contributed by atoms with E-state index in [1.165, 1.54) is 0 Å². The van der Waals surface area contributed by atoms with Crippen LogP contribution in [0.4, 0.5) is 0 Å². The third kappa shape index (κ3) is 3.54. The highest BCUT2D eigenvalue weighted by molar-refractivity contribution is 6.33. The minimum Gasteiger partial charge on any atom is -0.381 e. The Labute approximate surface area is 128 Å². The Bertz CT molecular complexity index is 554. The van der Waals surface area contributed by atoms with E-state index in [9.17, 15) is 9.59 Å². The van der Waals surface area contributed by atoms with Gasteiger partial charge in [-0.2, -0.15) is 0 Å². The summed E-state index contributed by atoms with van der Waals surface area (Å²) in [5, 5.41) is 3.17. The molecular weight excluding hydrogens is 292 g/mol. The zero-order valence-corrected chi connectivity index (χ0v) is 12.7. The van der Waals surface area contributed by atoms with Gasteiger partial charge in [0.15, 0.2) is 0 Å². The Morgan fingerprint density at radius 1 is 1.38 bits per heavy atom. The lowest BCUT2D eigenvalue weighted by Crippen LogP contribution is -2.49. The van der Waals surface area contributed by atoms with E-state index in [-0.39, 0.29) is 12.5 Å². The minimum atomic E-state index is -0.731. The number of nitrogens with two attached hydrogens (primary N) is 1. The second-order valence-corrected chi connectivity index (χ2v) is 5.83. The first kappa shape index (κ1) is 15.8. The van der Waals surface area contributed by atoms with Crippen molar-refractivity contribution < 1.29 is 14.3 Å². The van der Waals surface area contributed by atoms with Crippen LogP contribution < -0.4 is 11.1 Å². The molecule has 0 unspecified atom stereocenters. The van der Waals surface area contributed by atoms with Gasteiger partial charge in [0, 0.05) is 19.8 Å². The maximum absolute atomic E-state index is 12.2. The summed E-state index contributed by atoms with van der Waals surface area (Å²) in [5.74, 6) is -0.701. The molecule has 0 radical (unpaired) electrons. The van der Waals surface area contributed by atoms with Gasteiger partial charge in [0.05, 0.1) is 16.0 Å². The number of amides is 2. The summed E-state index contributed by atoms with van der Waals surface area (Å²) in [6, 6.07) is 5.22. The van der Waals surface area contributed by atoms with Gasteiger partial charge in [0.1, 0.15) is 0 Å². The molecule has 1 aromatic carbocycles. The van der Waals surface area contributed by atoms with E-state index in [1.807, 2.05) is 13.0 Å². The minimum absolute atomic E-state index is 0.203. The van der Waals surface area contributed by atoms with Crippen LogP contribution in [0.5, 0.6) is 0 Å². The summed E-state index contributed by atoms with van der Waals surface area (Å²) in [5.41, 5.74) is 6.15. The van der Waals surface area contributed by atoms with E-state index >= 15 is 0 Å². The summed E-state index contributed by atoms with van der Waals surface area (Å²) in [6.45, 7) is 3.06. The Morgan fingerprint density at radius 3 is 2.62 bits per heavy atom. The lowest BCUT2D eigenvalue weighted by Gasteiger charge is -2.34. The highest BCUT2D eigenvalue weighted by Crippen LogP contribution is 2.29. The van der Waals surface area contributed by atoms with E-state index < -0.39 is 11.3 Å². The van der Waals surface area contributed by atoms with E-state index in [1.54, 1.807) is 12.1 Å². The number of benzene rings is 1. The fourth-order valence-electron chi connectivity index (χ4n) is 2.42. The van der Waals surface area contributed by atoms with Gasteiger partial charge < -0.3 is 15.8 Å². The normalized spacial score (nSPS) is 17.2. The van der Waals surface area contributed by atoms with Crippen molar-refractivity contribution in [3.05, 3.63) is 34.3 Å². The van der Waals surface area contributed by atoms with Crippen molar-refractivity contribution in [1.82, 2.24) is 5.32 Å². The topological polar surface area (TPSA) is 81.4 Å². The molecule has 2 amide bonds. The van der Waals surface area contributed by atoms with Crippen LogP contribution in [0, 0.1) is 12.3 Å². The van der Waals surface area contributed by atoms with Gasteiger partial charge in [-0.1, -0.05) is 17.7 Å². The highest BCUT2D eigenvalue weighted by Gasteiger charge is 2.38. The molecule has 0 aliphatic carbocycles. The second kappa shape index (κ2) is 6.45. The van der Waals surface area contributed by atoms with E-state index in [2.05, 4.69) is 5.32 Å². The van der Waals surface area contributed by atoms with E-state index in [4.69, 9.17) is 22.1 Å². The number of halogens is 1. The molecule has 3 N–H and O–H groups in total. The van der Waals surface area contributed by atoms with Crippen molar-refractivity contribution in [2.75, 3.05) is 19.8 Å². The number of carbonyl (C=O) groups is 2. The molecule has 2 rings (SSSR count). The predicted octanol–water partition coefficient (Wildman–Crippen LogP) is 1.66. The first-order valence-electron chi connectivity index (χ1n) is 6.87. The summed E-state index contributed by atoms with van der Waals surface area (Å²) < 4.78 is 5.26. The lowest BCUT2D eigenvalue weighted by atomic mass is 9.79. The number of carbonyl (C=O) groups excluding carboxylic acids is 2. The molecule has 0 spiro atoms. The van der Waals surface area contributed by atoms with Crippen molar-refractivity contribution in [2.24, 2.45) is 11.1 Å². The average molecular weight is 311 g/mol. The molecule has 6 heteroatoms. The fourth-order valence-corrected chi connectivity index (χ4v) is 2.74. The van der Waals surface area contributed by atoms with Gasteiger partial charge in [-0.3, -0.25) is 9.59 Å². The molecule has 1 saturated heterocycles. The van der Waals surface area contributed by atoms with Crippen LogP contribution in [0.15, 0.2) is 18.2 Å². The van der Waals surface area contributed by atoms with Crippen molar-refractivity contribution in [2.45, 2.75) is 19.8 Å². The van der Waals surface area contributed by atoms with Crippen molar-refractivity contribution in [1.29, 1.82) is 0 Å². The summed E-state index contributed by atoms with van der Waals surface area (Å²) in [6.07, 6.45) is 1.04. The molecule has 5 nitrogen and oxygen atoms in total. The number of ether oxygens (including phenoxy) is 1. The van der Waals surface area contributed by atoms with Gasteiger partial charge >= 0.3 is 0 Å². The fraction of sp³-hybridized carbons (Fsp3) is 0.467. The quantitative estimate of drug-likeness (QED) is 0.887. The number of aryl methyl sites for hydroxylation is 1.